The summed E-state index contributed by atoms with van der Waals surface area (Å²) in [5.74, 6) is 0.411. The molecule has 8 heteroatoms. The third-order valence-electron chi connectivity index (χ3n) is 5.83. The van der Waals surface area contributed by atoms with Crippen LogP contribution in [-0.4, -0.2) is 35.5 Å². The molecular weight excluding hydrogens is 382 g/mol. The van der Waals surface area contributed by atoms with Crippen LogP contribution in [0.15, 0.2) is 40.2 Å². The van der Waals surface area contributed by atoms with Gasteiger partial charge in [-0.15, -0.1) is 0 Å². The molecule has 0 bridgehead atoms. The van der Waals surface area contributed by atoms with E-state index in [1.807, 2.05) is 4.90 Å². The van der Waals surface area contributed by atoms with E-state index in [1.54, 1.807) is 11.6 Å². The van der Waals surface area contributed by atoms with E-state index in [2.05, 4.69) is 43.1 Å². The molecule has 4 rings (SSSR count). The first-order valence-corrected chi connectivity index (χ1v) is 10.3. The van der Waals surface area contributed by atoms with Gasteiger partial charge >= 0.3 is 5.69 Å². The highest BCUT2D eigenvalue weighted by atomic mass is 16.2. The van der Waals surface area contributed by atoms with Gasteiger partial charge in [0, 0.05) is 26.7 Å². The second kappa shape index (κ2) is 7.59. The van der Waals surface area contributed by atoms with Gasteiger partial charge in [0.05, 0.1) is 6.33 Å². The van der Waals surface area contributed by atoms with Crippen LogP contribution in [0.4, 0.5) is 0 Å². The van der Waals surface area contributed by atoms with Crippen molar-refractivity contribution in [2.75, 3.05) is 0 Å². The van der Waals surface area contributed by atoms with Gasteiger partial charge < -0.3 is 9.47 Å². The maximum atomic E-state index is 13.2. The lowest BCUT2D eigenvalue weighted by Crippen LogP contribution is -2.39. The Morgan fingerprint density at radius 2 is 1.80 bits per heavy atom. The molecule has 1 amide bonds. The van der Waals surface area contributed by atoms with Crippen LogP contribution in [0.1, 0.15) is 43.7 Å². The first kappa shape index (κ1) is 20.1. The van der Waals surface area contributed by atoms with Gasteiger partial charge in [0.25, 0.3) is 5.56 Å². The van der Waals surface area contributed by atoms with Crippen LogP contribution in [0, 0.1) is 0 Å². The van der Waals surface area contributed by atoms with Crippen LogP contribution in [0.25, 0.3) is 11.2 Å². The van der Waals surface area contributed by atoms with E-state index in [1.165, 1.54) is 23.5 Å². The summed E-state index contributed by atoms with van der Waals surface area (Å²) in [5, 5.41) is 0. The average molecular weight is 409 g/mol. The molecule has 3 aromatic rings. The molecule has 0 saturated heterocycles. The highest BCUT2D eigenvalue weighted by Gasteiger charge is 2.33. The van der Waals surface area contributed by atoms with Crippen molar-refractivity contribution < 1.29 is 4.79 Å². The number of imidazole rings is 1. The fourth-order valence-electron chi connectivity index (χ4n) is 3.77. The van der Waals surface area contributed by atoms with Crippen LogP contribution < -0.4 is 11.2 Å². The number of fused-ring (bicyclic) bond motifs is 1. The number of benzene rings is 1. The van der Waals surface area contributed by atoms with Crippen molar-refractivity contribution >= 4 is 17.1 Å². The van der Waals surface area contributed by atoms with E-state index in [9.17, 15) is 14.4 Å². The van der Waals surface area contributed by atoms with Crippen LogP contribution in [0.5, 0.6) is 0 Å². The highest BCUT2D eigenvalue weighted by Crippen LogP contribution is 2.29. The Hall–Kier alpha value is -3.16. The van der Waals surface area contributed by atoms with E-state index in [0.717, 1.165) is 23.0 Å². The summed E-state index contributed by atoms with van der Waals surface area (Å²) >= 11 is 0. The molecule has 0 aliphatic heterocycles. The zero-order chi connectivity index (χ0) is 21.6. The fourth-order valence-corrected chi connectivity index (χ4v) is 3.77. The number of carbonyl (C=O) groups is 1. The summed E-state index contributed by atoms with van der Waals surface area (Å²) in [6, 6.07) is 8.63. The van der Waals surface area contributed by atoms with Crippen molar-refractivity contribution in [2.45, 2.75) is 51.7 Å². The highest BCUT2D eigenvalue weighted by molar-refractivity contribution is 5.79. The zero-order valence-corrected chi connectivity index (χ0v) is 17.8. The van der Waals surface area contributed by atoms with Crippen molar-refractivity contribution in [2.24, 2.45) is 14.1 Å². The van der Waals surface area contributed by atoms with Crippen LogP contribution in [0.2, 0.25) is 0 Å². The Bertz CT molecular complexity index is 1210. The molecule has 0 atom stereocenters. The predicted molar refractivity (Wildman–Crippen MR) is 114 cm³/mol. The molecule has 8 nitrogen and oxygen atoms in total. The molecule has 0 spiro atoms. The lowest BCUT2D eigenvalue weighted by atomic mass is 10.0. The largest absolute Gasteiger partial charge is 0.334 e. The minimum Gasteiger partial charge on any atom is -0.334 e. The average Bonchev–Trinajstić information content (AvgIpc) is 3.48. The Morgan fingerprint density at radius 3 is 2.40 bits per heavy atom. The van der Waals surface area contributed by atoms with Crippen molar-refractivity contribution in [1.29, 1.82) is 0 Å². The smallest absolute Gasteiger partial charge is 0.332 e. The van der Waals surface area contributed by atoms with Gasteiger partial charge in [-0.05, 0) is 29.9 Å². The second-order valence-electron chi connectivity index (χ2n) is 8.40. The maximum Gasteiger partial charge on any atom is 0.332 e. The van der Waals surface area contributed by atoms with Crippen LogP contribution in [-0.2, 0) is 32.0 Å². The standard InChI is InChI=1S/C22H27N5O3/c1-14(2)16-7-5-15(6-8-16)11-27(17-9-10-17)18(28)12-26-13-23-20-19(26)21(29)25(4)22(30)24(20)3/h5-8,13-14,17H,9-12H2,1-4H3. The van der Waals surface area contributed by atoms with Crippen LogP contribution in [0.3, 0.4) is 0 Å². The molecule has 0 N–H and O–H groups in total. The monoisotopic (exact) mass is 409 g/mol. The summed E-state index contributed by atoms with van der Waals surface area (Å²) < 4.78 is 3.92. The van der Waals surface area contributed by atoms with Gasteiger partial charge in [-0.3, -0.25) is 18.7 Å². The van der Waals surface area contributed by atoms with E-state index in [0.29, 0.717) is 12.5 Å². The second-order valence-corrected chi connectivity index (χ2v) is 8.40. The Morgan fingerprint density at radius 1 is 1.13 bits per heavy atom. The SMILES string of the molecule is CC(C)c1ccc(CN(C(=O)Cn2cnc3c2c(=O)n(C)c(=O)n3C)C2CC2)cc1. The number of carbonyl (C=O) groups excluding carboxylic acids is 1. The summed E-state index contributed by atoms with van der Waals surface area (Å²) in [5.41, 5.74) is 2.04. The Balaban J connectivity index is 1.60. The van der Waals surface area contributed by atoms with Gasteiger partial charge in [-0.2, -0.15) is 0 Å². The van der Waals surface area contributed by atoms with Crippen LogP contribution >= 0.6 is 0 Å². The van der Waals surface area contributed by atoms with Gasteiger partial charge in [0.15, 0.2) is 11.2 Å². The maximum absolute atomic E-state index is 13.2. The molecule has 1 fully saturated rings. The predicted octanol–water partition coefficient (Wildman–Crippen LogP) is 1.75. The molecule has 1 aliphatic carbocycles. The number of aryl methyl sites for hydroxylation is 1. The molecule has 158 valence electrons. The van der Waals surface area contributed by atoms with E-state index >= 15 is 0 Å². The van der Waals surface area contributed by atoms with E-state index in [4.69, 9.17) is 0 Å². The minimum absolute atomic E-state index is 0.0184. The van der Waals surface area contributed by atoms with Crippen molar-refractivity contribution in [3.63, 3.8) is 0 Å². The third kappa shape index (κ3) is 3.58. The number of hydrogen-bond donors (Lipinski definition) is 0. The number of hydrogen-bond acceptors (Lipinski definition) is 4. The number of aromatic nitrogens is 4. The molecular formula is C22H27N5O3. The summed E-state index contributed by atoms with van der Waals surface area (Å²) in [4.78, 5) is 44.0. The minimum atomic E-state index is -0.444. The van der Waals surface area contributed by atoms with Crippen molar-refractivity contribution in [1.82, 2.24) is 23.6 Å². The molecule has 2 aromatic heterocycles. The molecule has 30 heavy (non-hydrogen) atoms. The first-order chi connectivity index (χ1) is 14.3. The van der Waals surface area contributed by atoms with Crippen molar-refractivity contribution in [3.05, 3.63) is 62.6 Å². The van der Waals surface area contributed by atoms with Gasteiger partial charge in [-0.25, -0.2) is 9.78 Å². The Kier molecular flexibility index (Phi) is 5.09. The quantitative estimate of drug-likeness (QED) is 0.621. The first-order valence-electron chi connectivity index (χ1n) is 10.3. The molecule has 0 radical (unpaired) electrons. The number of rotatable bonds is 6. The van der Waals surface area contributed by atoms with Gasteiger partial charge in [-0.1, -0.05) is 38.1 Å². The molecule has 1 aliphatic rings. The molecule has 1 aromatic carbocycles. The van der Waals surface area contributed by atoms with Crippen molar-refractivity contribution in [3.8, 4) is 0 Å². The lowest BCUT2D eigenvalue weighted by Gasteiger charge is -2.23. The molecule has 0 unspecified atom stereocenters. The Labute approximate surface area is 174 Å². The topological polar surface area (TPSA) is 82.1 Å². The normalized spacial score (nSPS) is 13.9. The summed E-state index contributed by atoms with van der Waals surface area (Å²) in [6.45, 7) is 4.88. The van der Waals surface area contributed by atoms with Gasteiger partial charge in [0.2, 0.25) is 5.91 Å². The van der Waals surface area contributed by atoms with Gasteiger partial charge in [0.1, 0.15) is 6.54 Å². The number of amides is 1. The summed E-state index contributed by atoms with van der Waals surface area (Å²) in [7, 11) is 3.00. The van der Waals surface area contributed by atoms with E-state index < -0.39 is 11.2 Å². The number of nitrogens with zero attached hydrogens (tertiary/aromatic N) is 5. The lowest BCUT2D eigenvalue weighted by molar-refractivity contribution is -0.133. The zero-order valence-electron chi connectivity index (χ0n) is 17.8. The van der Waals surface area contributed by atoms with E-state index in [-0.39, 0.29) is 29.7 Å². The molecule has 2 heterocycles. The fraction of sp³-hybridized carbons (Fsp3) is 0.455. The third-order valence-corrected chi connectivity index (χ3v) is 5.83. The molecule has 1 saturated carbocycles. The summed E-state index contributed by atoms with van der Waals surface area (Å²) in [6.07, 6.45) is 3.46.